The van der Waals surface area contributed by atoms with Crippen LogP contribution in [0.4, 0.5) is 11.4 Å². The van der Waals surface area contributed by atoms with Gasteiger partial charge in [0.15, 0.2) is 0 Å². The molecule has 7 heteroatoms. The number of pyridine rings is 1. The van der Waals surface area contributed by atoms with Crippen molar-refractivity contribution in [3.05, 3.63) is 58.9 Å². The summed E-state index contributed by atoms with van der Waals surface area (Å²) >= 11 is 0. The number of anilines is 1. The number of benzene rings is 1. The lowest BCUT2D eigenvalue weighted by molar-refractivity contribution is -0.118. The zero-order chi connectivity index (χ0) is 25.5. The van der Waals surface area contributed by atoms with Crippen molar-refractivity contribution in [2.45, 2.75) is 70.8 Å². The second-order valence-corrected chi connectivity index (χ2v) is 9.81. The maximum Gasteiger partial charge on any atom is 0.235 e. The van der Waals surface area contributed by atoms with Gasteiger partial charge in [0.25, 0.3) is 0 Å². The lowest BCUT2D eigenvalue weighted by Crippen LogP contribution is -2.29. The van der Waals surface area contributed by atoms with Crippen molar-refractivity contribution in [2.24, 2.45) is 16.6 Å². The van der Waals surface area contributed by atoms with E-state index in [2.05, 4.69) is 71.6 Å². The number of amides is 2. The first kappa shape index (κ1) is 25.8. The van der Waals surface area contributed by atoms with E-state index in [1.807, 2.05) is 0 Å². The molecule has 0 radical (unpaired) electrons. The van der Waals surface area contributed by atoms with E-state index in [1.165, 1.54) is 11.3 Å². The number of rotatable bonds is 7. The second-order valence-electron chi connectivity index (χ2n) is 9.81. The van der Waals surface area contributed by atoms with E-state index >= 15 is 0 Å². The third-order valence-electron chi connectivity index (χ3n) is 7.25. The fraction of sp³-hybridized carbons (Fsp3) is 0.448. The van der Waals surface area contributed by atoms with E-state index in [-0.39, 0.29) is 12.3 Å². The zero-order valence-corrected chi connectivity index (χ0v) is 21.3. The highest BCUT2D eigenvalue weighted by atomic mass is 16.2. The fourth-order valence-corrected chi connectivity index (χ4v) is 5.16. The van der Waals surface area contributed by atoms with Gasteiger partial charge in [0.2, 0.25) is 12.3 Å². The summed E-state index contributed by atoms with van der Waals surface area (Å²) in [5, 5.41) is 6.54. The Morgan fingerprint density at radius 1 is 1.25 bits per heavy atom. The summed E-state index contributed by atoms with van der Waals surface area (Å²) in [4.78, 5) is 31.7. The molecule has 3 aliphatic rings. The van der Waals surface area contributed by atoms with Crippen molar-refractivity contribution >= 4 is 35.5 Å². The molecule has 0 saturated heterocycles. The van der Waals surface area contributed by atoms with Gasteiger partial charge in [-0.25, -0.2) is 0 Å². The van der Waals surface area contributed by atoms with Crippen LogP contribution in [0, 0.1) is 5.92 Å². The van der Waals surface area contributed by atoms with Gasteiger partial charge in [-0.2, -0.15) is 0 Å². The molecule has 1 aliphatic carbocycles. The number of fused-ring (bicyclic) bond motifs is 2. The minimum atomic E-state index is -0.456. The molecule has 36 heavy (non-hydrogen) atoms. The molecule has 2 amide bonds. The highest BCUT2D eigenvalue weighted by Gasteiger charge is 2.51. The molecule has 1 unspecified atom stereocenters. The number of hydrogen-bond donors (Lipinski definition) is 3. The van der Waals surface area contributed by atoms with Crippen LogP contribution >= 0.6 is 0 Å². The van der Waals surface area contributed by atoms with Crippen LogP contribution in [0.15, 0.2) is 41.5 Å². The summed E-state index contributed by atoms with van der Waals surface area (Å²) < 4.78 is 0. The average Bonchev–Trinajstić information content (AvgIpc) is 3.71. The highest BCUT2D eigenvalue weighted by molar-refractivity contribution is 6.02. The van der Waals surface area contributed by atoms with Gasteiger partial charge in [-0.3, -0.25) is 19.6 Å². The Labute approximate surface area is 213 Å². The fourth-order valence-electron chi connectivity index (χ4n) is 5.16. The molecule has 3 heterocycles. The number of aliphatic imine (C=N–C) groups is 1. The summed E-state index contributed by atoms with van der Waals surface area (Å²) in [7, 11) is 0. The third kappa shape index (κ3) is 5.57. The van der Waals surface area contributed by atoms with E-state index in [9.17, 15) is 4.79 Å². The van der Waals surface area contributed by atoms with E-state index in [0.717, 1.165) is 86.2 Å². The monoisotopic (exact) mass is 487 g/mol. The van der Waals surface area contributed by atoms with Gasteiger partial charge in [-0.15, -0.1) is 0 Å². The Kier molecular flexibility index (Phi) is 8.31. The number of hydrogen-bond acceptors (Lipinski definition) is 5. The van der Waals surface area contributed by atoms with Crippen molar-refractivity contribution < 1.29 is 9.59 Å². The molecular weight excluding hydrogens is 450 g/mol. The van der Waals surface area contributed by atoms with Gasteiger partial charge in [-0.05, 0) is 54.5 Å². The lowest BCUT2D eigenvalue weighted by Gasteiger charge is -2.19. The van der Waals surface area contributed by atoms with Gasteiger partial charge in [0, 0.05) is 36.8 Å². The van der Waals surface area contributed by atoms with Crippen LogP contribution in [0.25, 0.3) is 6.08 Å². The summed E-state index contributed by atoms with van der Waals surface area (Å²) in [5.74, 6) is 0.480. The van der Waals surface area contributed by atoms with Crippen LogP contribution in [-0.4, -0.2) is 29.6 Å². The molecule has 1 fully saturated rings. The molecular formula is C29H37N5O2. The number of aromatic nitrogens is 1. The van der Waals surface area contributed by atoms with Gasteiger partial charge < -0.3 is 16.4 Å². The third-order valence-corrected chi connectivity index (χ3v) is 7.25. The first-order valence-electron chi connectivity index (χ1n) is 13.1. The SMILES string of the molecule is CCCC1=Nc2cc(C3(C(=O)Nc4cnc5c(c4)CNCC5)CC3)ccc2C=CC1CCC.NC=O. The van der Waals surface area contributed by atoms with Crippen LogP contribution in [-0.2, 0) is 28.0 Å². The van der Waals surface area contributed by atoms with Crippen LogP contribution in [0.5, 0.6) is 0 Å². The number of carbonyl (C=O) groups is 2. The van der Waals surface area contributed by atoms with E-state index in [1.54, 1.807) is 6.20 Å². The van der Waals surface area contributed by atoms with Crippen molar-refractivity contribution in [2.75, 3.05) is 11.9 Å². The maximum absolute atomic E-state index is 13.4. The van der Waals surface area contributed by atoms with Crippen LogP contribution < -0.4 is 16.4 Å². The van der Waals surface area contributed by atoms with Crippen LogP contribution in [0.3, 0.4) is 0 Å². The van der Waals surface area contributed by atoms with Crippen molar-refractivity contribution in [3.63, 3.8) is 0 Å². The van der Waals surface area contributed by atoms with Gasteiger partial charge >= 0.3 is 0 Å². The molecule has 0 bridgehead atoms. The number of nitrogens with two attached hydrogens (primary N) is 1. The second kappa shape index (κ2) is 11.6. The molecule has 1 aromatic carbocycles. The topological polar surface area (TPSA) is 109 Å². The average molecular weight is 488 g/mol. The first-order valence-corrected chi connectivity index (χ1v) is 13.1. The van der Waals surface area contributed by atoms with E-state index in [4.69, 9.17) is 9.79 Å². The molecule has 7 nitrogen and oxygen atoms in total. The largest absolute Gasteiger partial charge is 0.372 e. The highest BCUT2D eigenvalue weighted by Crippen LogP contribution is 2.50. The molecule has 1 aromatic heterocycles. The molecule has 5 rings (SSSR count). The molecule has 2 aliphatic heterocycles. The quantitative estimate of drug-likeness (QED) is 0.487. The molecule has 4 N–H and O–H groups in total. The Morgan fingerprint density at radius 3 is 2.78 bits per heavy atom. The Bertz CT molecular complexity index is 1170. The standard InChI is InChI=1S/C28H34N4O.CH3NO/c1-3-5-19-7-8-20-9-10-22(16-26(20)32-25(19)6-4-2)28(12-13-28)27(33)31-23-15-21-17-29-14-11-24(21)30-18-23;2-1-3/h7-10,15-16,18-19,29H,3-6,11-14,17H2,1-2H3,(H,31,33);1H,(H2,2,3). The van der Waals surface area contributed by atoms with E-state index in [0.29, 0.717) is 5.92 Å². The van der Waals surface area contributed by atoms with Crippen LogP contribution in [0.1, 0.15) is 74.8 Å². The Hall–Kier alpha value is -3.32. The molecule has 0 spiro atoms. The van der Waals surface area contributed by atoms with E-state index < -0.39 is 5.41 Å². The number of nitrogens with zero attached hydrogens (tertiary/aromatic N) is 2. The molecule has 1 saturated carbocycles. The number of nitrogens with one attached hydrogen (secondary N) is 2. The summed E-state index contributed by atoms with van der Waals surface area (Å²) in [6.45, 7) is 6.22. The Balaban J connectivity index is 0.000000967. The molecule has 190 valence electrons. The lowest BCUT2D eigenvalue weighted by atomic mass is 9.92. The molecule has 1 atom stereocenters. The van der Waals surface area contributed by atoms with Gasteiger partial charge in [0.1, 0.15) is 0 Å². The van der Waals surface area contributed by atoms with Crippen molar-refractivity contribution in [3.8, 4) is 0 Å². The smallest absolute Gasteiger partial charge is 0.235 e. The Morgan fingerprint density at radius 2 is 2.06 bits per heavy atom. The van der Waals surface area contributed by atoms with Gasteiger partial charge in [0.05, 0.1) is 23.0 Å². The minimum absolute atomic E-state index is 0.0683. The summed E-state index contributed by atoms with van der Waals surface area (Å²) in [6, 6.07) is 8.49. The number of primary amides is 1. The normalized spacial score (nSPS) is 18.9. The maximum atomic E-state index is 13.4. The van der Waals surface area contributed by atoms with Crippen molar-refractivity contribution in [1.29, 1.82) is 0 Å². The summed E-state index contributed by atoms with van der Waals surface area (Å²) in [6.07, 6.45) is 13.7. The number of allylic oxidation sites excluding steroid dienone is 1. The van der Waals surface area contributed by atoms with Crippen molar-refractivity contribution in [1.82, 2.24) is 10.3 Å². The van der Waals surface area contributed by atoms with Crippen LogP contribution in [0.2, 0.25) is 0 Å². The predicted octanol–water partition coefficient (Wildman–Crippen LogP) is 4.81. The number of carbonyl (C=O) groups excluding carboxylic acids is 2. The van der Waals surface area contributed by atoms with Gasteiger partial charge in [-0.1, -0.05) is 51.0 Å². The predicted molar refractivity (Wildman–Crippen MR) is 145 cm³/mol. The molecule has 2 aromatic rings. The summed E-state index contributed by atoms with van der Waals surface area (Å²) in [5.41, 5.74) is 11.3. The first-order chi connectivity index (χ1) is 17.5. The minimum Gasteiger partial charge on any atom is -0.372 e. The zero-order valence-electron chi connectivity index (χ0n) is 21.3.